The molecule has 14 heteroatoms. The Balaban J connectivity index is 1.36. The van der Waals surface area contributed by atoms with Gasteiger partial charge in [0, 0.05) is 30.1 Å². The molecular formula is C35H48BN7O6. The second-order valence-corrected chi connectivity index (χ2v) is 15.1. The number of rotatable bonds is 10. The lowest BCUT2D eigenvalue weighted by Gasteiger charge is -2.36. The van der Waals surface area contributed by atoms with E-state index in [1.54, 1.807) is 29.2 Å². The number of tetrazole rings is 1. The van der Waals surface area contributed by atoms with Crippen LogP contribution in [0.1, 0.15) is 79.7 Å². The van der Waals surface area contributed by atoms with E-state index < -0.39 is 42.0 Å². The van der Waals surface area contributed by atoms with Crippen LogP contribution in [0.25, 0.3) is 11.4 Å². The van der Waals surface area contributed by atoms with Gasteiger partial charge >= 0.3 is 13.2 Å². The number of anilines is 1. The highest BCUT2D eigenvalue weighted by Gasteiger charge is 2.51. The van der Waals surface area contributed by atoms with Crippen molar-refractivity contribution in [3.63, 3.8) is 0 Å². The number of alkyl carbamates (subject to hydrolysis) is 1. The fourth-order valence-electron chi connectivity index (χ4n) is 6.26. The van der Waals surface area contributed by atoms with Gasteiger partial charge in [-0.3, -0.25) is 14.5 Å². The number of benzene rings is 2. The van der Waals surface area contributed by atoms with Crippen LogP contribution >= 0.6 is 0 Å². The number of primary amides is 1. The SMILES string of the molecule is CC(C)(C)OC(=O)NC[C@H]1CC[C@H](C(=O)N(c2ccc(-c3nnn[nH]3)cc2)[C@@H](Cc2cccc(B3OC(C)(C)C(C)(C)O3)c2)C(N)=O)CC1. The first kappa shape index (κ1) is 36.0. The standard InChI is InChI=1S/C35H48BN7O6/c1-33(2,3)47-32(46)38-21-22-11-13-25(14-12-22)31(45)43(27-17-15-24(16-18-27)30-39-41-42-40-30)28(29(37)44)20-23-9-8-10-26(19-23)36-48-34(4,5)35(6,7)49-36/h8-10,15-19,22,25,28H,11-14,20-21H2,1-7H3,(H2,37,44)(H,38,46)(H,39,40,41,42)/t22-,25-,28-/m0/s1. The topological polar surface area (TPSA) is 175 Å². The second kappa shape index (κ2) is 14.3. The maximum atomic E-state index is 14.4. The van der Waals surface area contributed by atoms with Crippen molar-refractivity contribution in [2.24, 2.45) is 17.6 Å². The average Bonchev–Trinajstić information content (AvgIpc) is 3.65. The van der Waals surface area contributed by atoms with E-state index in [1.807, 2.05) is 72.7 Å². The summed E-state index contributed by atoms with van der Waals surface area (Å²) in [6.45, 7) is 13.9. The number of H-pyrrole nitrogens is 1. The fourth-order valence-corrected chi connectivity index (χ4v) is 6.26. The number of aromatic amines is 1. The molecule has 1 aromatic heterocycles. The Morgan fingerprint density at radius 2 is 1.69 bits per heavy atom. The highest BCUT2D eigenvalue weighted by Crippen LogP contribution is 2.37. The van der Waals surface area contributed by atoms with E-state index in [9.17, 15) is 14.4 Å². The molecule has 5 rings (SSSR count). The molecule has 0 radical (unpaired) electrons. The summed E-state index contributed by atoms with van der Waals surface area (Å²) in [7, 11) is -0.576. The van der Waals surface area contributed by atoms with Gasteiger partial charge in [0.25, 0.3) is 0 Å². The normalized spacial score (nSPS) is 20.8. The zero-order chi connectivity index (χ0) is 35.6. The Bertz CT molecular complexity index is 1600. The van der Waals surface area contributed by atoms with Crippen molar-refractivity contribution in [3.05, 3.63) is 54.1 Å². The van der Waals surface area contributed by atoms with Crippen molar-refractivity contribution in [2.45, 2.75) is 103 Å². The minimum Gasteiger partial charge on any atom is -0.444 e. The number of nitrogens with two attached hydrogens (primary N) is 1. The molecule has 1 saturated heterocycles. The summed E-state index contributed by atoms with van der Waals surface area (Å²) < 4.78 is 17.9. The van der Waals surface area contributed by atoms with Gasteiger partial charge in [-0.25, -0.2) is 9.89 Å². The van der Waals surface area contributed by atoms with Gasteiger partial charge in [0.1, 0.15) is 11.6 Å². The van der Waals surface area contributed by atoms with Crippen molar-refractivity contribution in [1.82, 2.24) is 25.9 Å². The molecule has 3 amide bonds. The molecule has 1 saturated carbocycles. The zero-order valence-corrected chi connectivity index (χ0v) is 29.5. The molecule has 4 N–H and O–H groups in total. The largest absolute Gasteiger partial charge is 0.494 e. The Labute approximate surface area is 288 Å². The van der Waals surface area contributed by atoms with Crippen molar-refractivity contribution in [3.8, 4) is 11.4 Å². The van der Waals surface area contributed by atoms with Gasteiger partial charge in [0.2, 0.25) is 11.8 Å². The zero-order valence-electron chi connectivity index (χ0n) is 29.5. The maximum absolute atomic E-state index is 14.4. The van der Waals surface area contributed by atoms with Crippen LogP contribution in [0, 0.1) is 11.8 Å². The van der Waals surface area contributed by atoms with Crippen LogP contribution < -0.4 is 21.4 Å². The molecule has 1 aliphatic carbocycles. The fraction of sp³-hybridized carbons (Fsp3) is 0.543. The van der Waals surface area contributed by atoms with Crippen molar-refractivity contribution < 1.29 is 28.4 Å². The van der Waals surface area contributed by atoms with Gasteiger partial charge in [0.05, 0.1) is 11.2 Å². The number of amides is 3. The number of nitrogens with zero attached hydrogens (tertiary/aromatic N) is 4. The quantitative estimate of drug-likeness (QED) is 0.270. The summed E-state index contributed by atoms with van der Waals surface area (Å²) in [5.74, 6) is -0.418. The van der Waals surface area contributed by atoms with Crippen LogP contribution in [-0.2, 0) is 30.1 Å². The Morgan fingerprint density at radius 3 is 2.27 bits per heavy atom. The molecule has 0 bridgehead atoms. The summed E-state index contributed by atoms with van der Waals surface area (Å²) in [6.07, 6.45) is 2.45. The molecule has 262 valence electrons. The van der Waals surface area contributed by atoms with Gasteiger partial charge in [-0.2, -0.15) is 0 Å². The van der Waals surface area contributed by atoms with Crippen molar-refractivity contribution >= 4 is 36.2 Å². The average molecular weight is 674 g/mol. The van der Waals surface area contributed by atoms with Crippen molar-refractivity contribution in [1.29, 1.82) is 0 Å². The molecule has 0 spiro atoms. The number of aromatic nitrogens is 4. The van der Waals surface area contributed by atoms with E-state index in [1.165, 1.54) is 0 Å². The monoisotopic (exact) mass is 673 g/mol. The van der Waals surface area contributed by atoms with Crippen LogP contribution in [0.4, 0.5) is 10.5 Å². The van der Waals surface area contributed by atoms with Gasteiger partial charge in [-0.05, 0) is 126 Å². The first-order valence-electron chi connectivity index (χ1n) is 16.9. The maximum Gasteiger partial charge on any atom is 0.494 e. The molecule has 2 fully saturated rings. The predicted octanol–water partition coefficient (Wildman–Crippen LogP) is 3.93. The van der Waals surface area contributed by atoms with E-state index in [2.05, 4.69) is 25.9 Å². The van der Waals surface area contributed by atoms with Gasteiger partial charge in [-0.15, -0.1) is 5.10 Å². The third kappa shape index (κ3) is 8.66. The molecule has 13 nitrogen and oxygen atoms in total. The lowest BCUT2D eigenvalue weighted by atomic mass is 9.78. The first-order chi connectivity index (χ1) is 23.0. The molecule has 2 heterocycles. The highest BCUT2D eigenvalue weighted by atomic mass is 16.7. The van der Waals surface area contributed by atoms with Gasteiger partial charge in [0.15, 0.2) is 5.82 Å². The van der Waals surface area contributed by atoms with Crippen LogP contribution in [-0.4, -0.2) is 75.0 Å². The number of hydrogen-bond donors (Lipinski definition) is 3. The number of ether oxygens (including phenoxy) is 1. The minimum absolute atomic E-state index is 0.168. The summed E-state index contributed by atoms with van der Waals surface area (Å²) in [4.78, 5) is 41.5. The third-order valence-electron chi connectivity index (χ3n) is 9.68. The number of hydrogen-bond acceptors (Lipinski definition) is 9. The molecule has 1 atom stereocenters. The molecule has 1 aliphatic heterocycles. The van der Waals surface area contributed by atoms with Crippen LogP contribution in [0.2, 0.25) is 0 Å². The Hall–Kier alpha value is -4.30. The third-order valence-corrected chi connectivity index (χ3v) is 9.68. The van der Waals surface area contributed by atoms with E-state index in [-0.39, 0.29) is 24.2 Å². The molecule has 2 aromatic carbocycles. The van der Waals surface area contributed by atoms with Crippen LogP contribution in [0.3, 0.4) is 0 Å². The molecule has 0 unspecified atom stereocenters. The highest BCUT2D eigenvalue weighted by molar-refractivity contribution is 6.62. The van der Waals surface area contributed by atoms with E-state index in [0.717, 1.165) is 29.4 Å². The Morgan fingerprint density at radius 1 is 1.04 bits per heavy atom. The summed E-state index contributed by atoms with van der Waals surface area (Å²) >= 11 is 0. The van der Waals surface area contributed by atoms with E-state index in [0.29, 0.717) is 30.9 Å². The molecule has 49 heavy (non-hydrogen) atoms. The summed E-state index contributed by atoms with van der Waals surface area (Å²) in [5, 5.41) is 16.9. The van der Waals surface area contributed by atoms with Crippen LogP contribution in [0.5, 0.6) is 0 Å². The lowest BCUT2D eigenvalue weighted by Crippen LogP contribution is -2.52. The predicted molar refractivity (Wildman–Crippen MR) is 186 cm³/mol. The second-order valence-electron chi connectivity index (χ2n) is 15.1. The molecular weight excluding hydrogens is 625 g/mol. The van der Waals surface area contributed by atoms with Gasteiger partial charge < -0.3 is 25.1 Å². The molecule has 3 aromatic rings. The smallest absolute Gasteiger partial charge is 0.444 e. The number of carbonyl (C=O) groups is 3. The lowest BCUT2D eigenvalue weighted by molar-refractivity contribution is -0.127. The van der Waals surface area contributed by atoms with Crippen LogP contribution in [0.15, 0.2) is 48.5 Å². The summed E-state index contributed by atoms with van der Waals surface area (Å²) in [6, 6.07) is 13.9. The summed E-state index contributed by atoms with van der Waals surface area (Å²) in [5.41, 5.74) is 7.41. The number of carbonyl (C=O) groups excluding carboxylic acids is 3. The Kier molecular flexibility index (Phi) is 10.5. The minimum atomic E-state index is -0.967. The van der Waals surface area contributed by atoms with E-state index in [4.69, 9.17) is 19.8 Å². The van der Waals surface area contributed by atoms with Gasteiger partial charge in [-0.1, -0.05) is 24.3 Å². The van der Waals surface area contributed by atoms with Crippen molar-refractivity contribution in [2.75, 3.05) is 11.4 Å². The molecule has 2 aliphatic rings. The van der Waals surface area contributed by atoms with E-state index >= 15 is 0 Å². The first-order valence-corrected chi connectivity index (χ1v) is 16.9. The number of nitrogens with one attached hydrogen (secondary N) is 2.